The van der Waals surface area contributed by atoms with Crippen LogP contribution in [0.25, 0.3) is 0 Å². The average molecular weight is 317 g/mol. The maximum atomic E-state index is 13.2. The Morgan fingerprint density at radius 2 is 2.26 bits per heavy atom. The largest absolute Gasteiger partial charge is 0.467 e. The topological polar surface area (TPSA) is 62.5 Å². The molecule has 122 valence electrons. The van der Waals surface area contributed by atoms with Crippen LogP contribution in [0, 0.1) is 11.7 Å². The fourth-order valence-electron chi connectivity index (χ4n) is 2.93. The van der Waals surface area contributed by atoms with Crippen molar-refractivity contribution in [3.05, 3.63) is 59.8 Å². The van der Waals surface area contributed by atoms with E-state index in [1.54, 1.807) is 18.2 Å². The Morgan fingerprint density at radius 1 is 1.43 bits per heavy atom. The standard InChI is InChI=1S/C18H20FNO3/c1-11(8-16(21)17-6-3-7-23-17)20-18(22)15-10-14(15)12-4-2-5-13(19)9-12/h2-7,9,11,14-16,21H,8,10H2,1H3,(H,20,22). The normalized spacial score (nSPS) is 22.4. The average Bonchev–Trinajstić information content (AvgIpc) is 3.12. The molecule has 4 unspecified atom stereocenters. The Hall–Kier alpha value is -2.14. The third-order valence-electron chi connectivity index (χ3n) is 4.24. The van der Waals surface area contributed by atoms with Crippen LogP contribution < -0.4 is 5.32 Å². The van der Waals surface area contributed by atoms with Gasteiger partial charge in [-0.3, -0.25) is 4.79 Å². The fourth-order valence-corrected chi connectivity index (χ4v) is 2.93. The van der Waals surface area contributed by atoms with Gasteiger partial charge in [-0.05, 0) is 49.1 Å². The predicted octanol–water partition coefficient (Wildman–Crippen LogP) is 3.15. The van der Waals surface area contributed by atoms with Crippen molar-refractivity contribution in [2.75, 3.05) is 0 Å². The van der Waals surface area contributed by atoms with Gasteiger partial charge in [-0.25, -0.2) is 4.39 Å². The van der Waals surface area contributed by atoms with Gasteiger partial charge in [-0.15, -0.1) is 0 Å². The fraction of sp³-hybridized carbons (Fsp3) is 0.389. The van der Waals surface area contributed by atoms with Gasteiger partial charge in [0.2, 0.25) is 5.91 Å². The molecule has 1 aliphatic carbocycles. The summed E-state index contributed by atoms with van der Waals surface area (Å²) in [7, 11) is 0. The lowest BCUT2D eigenvalue weighted by Crippen LogP contribution is -2.35. The Balaban J connectivity index is 1.50. The van der Waals surface area contributed by atoms with Crippen molar-refractivity contribution in [2.45, 2.75) is 37.8 Å². The first-order chi connectivity index (χ1) is 11.0. The van der Waals surface area contributed by atoms with E-state index < -0.39 is 6.10 Å². The first-order valence-corrected chi connectivity index (χ1v) is 7.82. The number of carbonyl (C=O) groups excluding carboxylic acids is 1. The van der Waals surface area contributed by atoms with Crippen LogP contribution in [0.3, 0.4) is 0 Å². The van der Waals surface area contributed by atoms with E-state index in [4.69, 9.17) is 4.42 Å². The van der Waals surface area contributed by atoms with Crippen LogP contribution in [0.4, 0.5) is 4.39 Å². The summed E-state index contributed by atoms with van der Waals surface area (Å²) < 4.78 is 18.4. The zero-order valence-corrected chi connectivity index (χ0v) is 12.9. The number of furan rings is 1. The molecule has 1 heterocycles. The number of aliphatic hydroxyl groups excluding tert-OH is 1. The minimum Gasteiger partial charge on any atom is -0.467 e. The Labute approximate surface area is 134 Å². The molecule has 0 radical (unpaired) electrons. The number of hydrogen-bond acceptors (Lipinski definition) is 3. The summed E-state index contributed by atoms with van der Waals surface area (Å²) >= 11 is 0. The highest BCUT2D eigenvalue weighted by Gasteiger charge is 2.44. The molecule has 5 heteroatoms. The number of halogens is 1. The number of amides is 1. The first kappa shape index (κ1) is 15.7. The highest BCUT2D eigenvalue weighted by molar-refractivity contribution is 5.83. The van der Waals surface area contributed by atoms with Gasteiger partial charge >= 0.3 is 0 Å². The van der Waals surface area contributed by atoms with Crippen molar-refractivity contribution >= 4 is 5.91 Å². The van der Waals surface area contributed by atoms with Crippen LogP contribution in [0.15, 0.2) is 47.1 Å². The third kappa shape index (κ3) is 3.79. The first-order valence-electron chi connectivity index (χ1n) is 7.82. The molecule has 2 aromatic rings. The summed E-state index contributed by atoms with van der Waals surface area (Å²) in [4.78, 5) is 12.2. The molecule has 0 saturated heterocycles. The van der Waals surface area contributed by atoms with Crippen LogP contribution in [0.5, 0.6) is 0 Å². The molecule has 3 rings (SSSR count). The molecule has 1 aromatic heterocycles. The number of aliphatic hydroxyl groups is 1. The Bertz CT molecular complexity index is 671. The van der Waals surface area contributed by atoms with E-state index in [-0.39, 0.29) is 29.6 Å². The van der Waals surface area contributed by atoms with Gasteiger partial charge in [-0.2, -0.15) is 0 Å². The van der Waals surface area contributed by atoms with Gasteiger partial charge in [0.15, 0.2) is 0 Å². The number of carbonyl (C=O) groups is 1. The number of benzene rings is 1. The minimum atomic E-state index is -0.737. The van der Waals surface area contributed by atoms with Crippen molar-refractivity contribution in [3.8, 4) is 0 Å². The summed E-state index contributed by atoms with van der Waals surface area (Å²) in [5.74, 6) is 0.157. The monoisotopic (exact) mass is 317 g/mol. The molecule has 4 atom stereocenters. The second-order valence-electron chi connectivity index (χ2n) is 6.18. The van der Waals surface area contributed by atoms with Crippen molar-refractivity contribution in [1.82, 2.24) is 5.32 Å². The van der Waals surface area contributed by atoms with Gasteiger partial charge in [0, 0.05) is 18.4 Å². The molecule has 2 N–H and O–H groups in total. The summed E-state index contributed by atoms with van der Waals surface area (Å²) in [6.45, 7) is 1.85. The van der Waals surface area contributed by atoms with E-state index in [2.05, 4.69) is 5.32 Å². The lowest BCUT2D eigenvalue weighted by Gasteiger charge is -2.16. The van der Waals surface area contributed by atoms with Gasteiger partial charge in [-0.1, -0.05) is 12.1 Å². The molecule has 0 bridgehead atoms. The van der Waals surface area contributed by atoms with Crippen molar-refractivity contribution in [1.29, 1.82) is 0 Å². The number of nitrogens with one attached hydrogen (secondary N) is 1. The maximum absolute atomic E-state index is 13.2. The SMILES string of the molecule is CC(CC(O)c1ccco1)NC(=O)C1CC1c1cccc(F)c1. The van der Waals surface area contributed by atoms with E-state index in [9.17, 15) is 14.3 Å². The van der Waals surface area contributed by atoms with E-state index in [0.29, 0.717) is 12.2 Å². The lowest BCUT2D eigenvalue weighted by molar-refractivity contribution is -0.123. The molecule has 0 aliphatic heterocycles. The predicted molar refractivity (Wildman–Crippen MR) is 83.1 cm³/mol. The summed E-state index contributed by atoms with van der Waals surface area (Å²) in [6, 6.07) is 9.67. The highest BCUT2D eigenvalue weighted by Crippen LogP contribution is 2.47. The van der Waals surface area contributed by atoms with Crippen LogP contribution in [0.2, 0.25) is 0 Å². The van der Waals surface area contributed by atoms with Gasteiger partial charge in [0.1, 0.15) is 17.7 Å². The summed E-state index contributed by atoms with van der Waals surface area (Å²) in [5.41, 5.74) is 0.869. The Kier molecular flexibility index (Phi) is 4.48. The van der Waals surface area contributed by atoms with Crippen molar-refractivity contribution in [2.24, 2.45) is 5.92 Å². The van der Waals surface area contributed by atoms with Gasteiger partial charge < -0.3 is 14.8 Å². The molecule has 1 amide bonds. The van der Waals surface area contributed by atoms with Gasteiger partial charge in [0.25, 0.3) is 0 Å². The number of rotatable bonds is 6. The molecular formula is C18H20FNO3. The van der Waals surface area contributed by atoms with Crippen molar-refractivity contribution < 1.29 is 18.7 Å². The zero-order valence-electron chi connectivity index (χ0n) is 12.9. The molecule has 23 heavy (non-hydrogen) atoms. The molecule has 1 aliphatic rings. The van der Waals surface area contributed by atoms with E-state index in [1.165, 1.54) is 18.4 Å². The van der Waals surface area contributed by atoms with Crippen molar-refractivity contribution in [3.63, 3.8) is 0 Å². The Morgan fingerprint density at radius 3 is 2.96 bits per heavy atom. The van der Waals surface area contributed by atoms with E-state index in [1.807, 2.05) is 13.0 Å². The molecule has 1 saturated carbocycles. The smallest absolute Gasteiger partial charge is 0.223 e. The second-order valence-corrected chi connectivity index (χ2v) is 6.18. The summed E-state index contributed by atoms with van der Waals surface area (Å²) in [6.07, 6.45) is 1.90. The molecular weight excluding hydrogens is 297 g/mol. The lowest BCUT2D eigenvalue weighted by atomic mass is 10.1. The van der Waals surface area contributed by atoms with Crippen LogP contribution in [-0.2, 0) is 4.79 Å². The quantitative estimate of drug-likeness (QED) is 0.860. The molecule has 4 nitrogen and oxygen atoms in total. The van der Waals surface area contributed by atoms with E-state index in [0.717, 1.165) is 12.0 Å². The van der Waals surface area contributed by atoms with Crippen LogP contribution >= 0.6 is 0 Å². The molecule has 1 fully saturated rings. The van der Waals surface area contributed by atoms with Gasteiger partial charge in [0.05, 0.1) is 6.26 Å². The summed E-state index contributed by atoms with van der Waals surface area (Å²) in [5, 5.41) is 12.9. The number of hydrogen-bond donors (Lipinski definition) is 2. The second kappa shape index (κ2) is 6.54. The minimum absolute atomic E-state index is 0.0431. The van der Waals surface area contributed by atoms with Crippen LogP contribution in [0.1, 0.15) is 43.1 Å². The van der Waals surface area contributed by atoms with Crippen LogP contribution in [-0.4, -0.2) is 17.1 Å². The van der Waals surface area contributed by atoms with E-state index >= 15 is 0 Å². The zero-order chi connectivity index (χ0) is 16.4. The third-order valence-corrected chi connectivity index (χ3v) is 4.24. The maximum Gasteiger partial charge on any atom is 0.223 e. The highest BCUT2D eigenvalue weighted by atomic mass is 19.1. The molecule has 0 spiro atoms. The molecule has 1 aromatic carbocycles.